The molecular weight excluding hydrogens is 396 g/mol. The maximum Gasteiger partial charge on any atom is 0.307 e. The number of ether oxygens (including phenoxy) is 2. The van der Waals surface area contributed by atoms with E-state index in [1.54, 1.807) is 6.92 Å². The molecule has 1 aromatic carbocycles. The first-order valence-corrected chi connectivity index (χ1v) is 10.5. The number of esters is 1. The molecule has 0 aromatic heterocycles. The van der Waals surface area contributed by atoms with Gasteiger partial charge < -0.3 is 14.8 Å². The molecule has 1 aromatic rings. The molecule has 0 spiro atoms. The molecule has 27 heavy (non-hydrogen) atoms. The van der Waals surface area contributed by atoms with Crippen molar-refractivity contribution in [3.8, 4) is 5.75 Å². The van der Waals surface area contributed by atoms with Crippen LogP contribution in [-0.2, 0) is 24.3 Å². The summed E-state index contributed by atoms with van der Waals surface area (Å²) in [6.45, 7) is 2.09. The third kappa shape index (κ3) is 4.72. The highest BCUT2D eigenvalue weighted by Crippen LogP contribution is 2.38. The Morgan fingerprint density at radius 3 is 2.81 bits per heavy atom. The number of rotatable bonds is 8. The molecule has 148 valence electrons. The Labute approximate surface area is 162 Å². The van der Waals surface area contributed by atoms with Crippen molar-refractivity contribution in [1.82, 2.24) is 4.31 Å². The monoisotopic (exact) mass is 416 g/mol. The van der Waals surface area contributed by atoms with E-state index in [4.69, 9.17) is 21.1 Å². The Morgan fingerprint density at radius 1 is 1.41 bits per heavy atom. The lowest BCUT2D eigenvalue weighted by molar-refractivity contribution is -0.143. The van der Waals surface area contributed by atoms with Crippen LogP contribution in [-0.4, -0.2) is 50.9 Å². The number of nitrogens with zero attached hydrogens (tertiary/aromatic N) is 1. The van der Waals surface area contributed by atoms with Gasteiger partial charge in [-0.15, -0.1) is 0 Å². The van der Waals surface area contributed by atoms with Crippen LogP contribution in [0.15, 0.2) is 17.0 Å². The zero-order valence-corrected chi connectivity index (χ0v) is 16.4. The van der Waals surface area contributed by atoms with Crippen molar-refractivity contribution in [3.63, 3.8) is 0 Å². The fourth-order valence-corrected chi connectivity index (χ4v) is 4.80. The summed E-state index contributed by atoms with van der Waals surface area (Å²) in [4.78, 5) is 23.0. The van der Waals surface area contributed by atoms with Gasteiger partial charge in [0.1, 0.15) is 10.6 Å². The number of nitrogens with one attached hydrogen (secondary N) is 1. The number of fused-ring (bicyclic) bond motifs is 1. The van der Waals surface area contributed by atoms with Crippen LogP contribution in [0.1, 0.15) is 26.2 Å². The van der Waals surface area contributed by atoms with E-state index in [2.05, 4.69) is 5.32 Å². The molecule has 0 radical (unpaired) electrons. The molecular formula is C17H21ClN2O6S. The smallest absolute Gasteiger partial charge is 0.307 e. The van der Waals surface area contributed by atoms with Gasteiger partial charge in [-0.3, -0.25) is 9.59 Å². The van der Waals surface area contributed by atoms with Crippen LogP contribution < -0.4 is 10.1 Å². The number of benzene rings is 1. The average Bonchev–Trinajstić information content (AvgIpc) is 3.42. The minimum Gasteiger partial charge on any atom is -0.482 e. The normalized spacial score (nSPS) is 16.5. The van der Waals surface area contributed by atoms with Gasteiger partial charge in [-0.25, -0.2) is 8.42 Å². The van der Waals surface area contributed by atoms with E-state index in [1.165, 1.54) is 16.4 Å². The third-order valence-electron chi connectivity index (χ3n) is 4.31. The molecule has 1 saturated carbocycles. The highest BCUT2D eigenvalue weighted by molar-refractivity contribution is 7.89. The van der Waals surface area contributed by atoms with Crippen LogP contribution in [0.3, 0.4) is 0 Å². The predicted molar refractivity (Wildman–Crippen MR) is 98.3 cm³/mol. The second-order valence-corrected chi connectivity index (χ2v) is 8.79. The van der Waals surface area contributed by atoms with Crippen molar-refractivity contribution in [2.75, 3.05) is 31.6 Å². The van der Waals surface area contributed by atoms with Crippen LogP contribution in [0, 0.1) is 5.92 Å². The molecule has 1 N–H and O–H groups in total. The van der Waals surface area contributed by atoms with E-state index in [1.807, 2.05) is 0 Å². The van der Waals surface area contributed by atoms with Crippen LogP contribution in [0.4, 0.5) is 5.69 Å². The number of hydrogen-bond donors (Lipinski definition) is 1. The topological polar surface area (TPSA) is 102 Å². The van der Waals surface area contributed by atoms with Crippen molar-refractivity contribution in [2.45, 2.75) is 31.1 Å². The van der Waals surface area contributed by atoms with Gasteiger partial charge in [0, 0.05) is 19.2 Å². The summed E-state index contributed by atoms with van der Waals surface area (Å²) in [5.74, 6) is -0.252. The molecule has 1 aliphatic heterocycles. The molecule has 0 bridgehead atoms. The summed E-state index contributed by atoms with van der Waals surface area (Å²) in [5, 5.41) is 2.57. The summed E-state index contributed by atoms with van der Waals surface area (Å²) in [6.07, 6.45) is 1.88. The molecule has 3 rings (SSSR count). The first-order chi connectivity index (χ1) is 12.8. The predicted octanol–water partition coefficient (Wildman–Crippen LogP) is 2.02. The van der Waals surface area contributed by atoms with E-state index in [-0.39, 0.29) is 53.7 Å². The van der Waals surface area contributed by atoms with Crippen LogP contribution in [0.2, 0.25) is 5.02 Å². The molecule has 1 amide bonds. The number of halogens is 1. The molecule has 0 saturated heterocycles. The maximum atomic E-state index is 13.2. The number of carbonyl (C=O) groups excluding carboxylic acids is 2. The van der Waals surface area contributed by atoms with Crippen molar-refractivity contribution in [3.05, 3.63) is 17.2 Å². The first kappa shape index (κ1) is 19.9. The van der Waals surface area contributed by atoms with Gasteiger partial charge in [0.25, 0.3) is 5.91 Å². The van der Waals surface area contributed by atoms with Gasteiger partial charge in [-0.05, 0) is 31.7 Å². The largest absolute Gasteiger partial charge is 0.482 e. The molecule has 1 heterocycles. The Balaban J connectivity index is 1.86. The molecule has 0 atom stereocenters. The molecule has 2 aliphatic rings. The summed E-state index contributed by atoms with van der Waals surface area (Å²) >= 11 is 6.20. The van der Waals surface area contributed by atoms with Crippen molar-refractivity contribution in [1.29, 1.82) is 0 Å². The van der Waals surface area contributed by atoms with Crippen LogP contribution in [0.5, 0.6) is 5.75 Å². The standard InChI is InChI=1S/C17H21ClN2O6S/c1-2-25-17(22)5-6-20(9-11-3-4-11)27(23,24)15-8-14-13(7-12(15)18)19-16(21)10-26-14/h7-8,11H,2-6,9-10H2,1H3,(H,19,21). The van der Waals surface area contributed by atoms with Crippen LogP contribution >= 0.6 is 11.6 Å². The zero-order chi connectivity index (χ0) is 19.6. The number of sulfonamides is 1. The minimum absolute atomic E-state index is 0.0165. The molecule has 1 aliphatic carbocycles. The maximum absolute atomic E-state index is 13.2. The second kappa shape index (κ2) is 8.04. The highest BCUT2D eigenvalue weighted by atomic mass is 35.5. The Bertz CT molecular complexity index is 853. The second-order valence-electron chi connectivity index (χ2n) is 6.48. The zero-order valence-electron chi connectivity index (χ0n) is 14.9. The molecule has 10 heteroatoms. The fourth-order valence-electron chi connectivity index (χ4n) is 2.77. The van der Waals surface area contributed by atoms with Gasteiger partial charge in [-0.2, -0.15) is 4.31 Å². The minimum atomic E-state index is -3.94. The number of amides is 1. The summed E-state index contributed by atoms with van der Waals surface area (Å²) in [5.41, 5.74) is 0.329. The summed E-state index contributed by atoms with van der Waals surface area (Å²) in [7, 11) is -3.94. The van der Waals surface area contributed by atoms with Gasteiger partial charge in [-0.1, -0.05) is 11.6 Å². The Hall–Kier alpha value is -1.84. The molecule has 8 nitrogen and oxygen atoms in total. The number of carbonyl (C=O) groups is 2. The Morgan fingerprint density at radius 2 is 2.15 bits per heavy atom. The quantitative estimate of drug-likeness (QED) is 0.650. The van der Waals surface area contributed by atoms with E-state index in [9.17, 15) is 18.0 Å². The molecule has 0 unspecified atom stereocenters. The first-order valence-electron chi connectivity index (χ1n) is 8.73. The highest BCUT2D eigenvalue weighted by Gasteiger charge is 2.34. The van der Waals surface area contributed by atoms with E-state index in [0.717, 1.165) is 12.8 Å². The van der Waals surface area contributed by atoms with Gasteiger partial charge in [0.15, 0.2) is 6.61 Å². The van der Waals surface area contributed by atoms with Crippen molar-refractivity contribution < 1.29 is 27.5 Å². The molecule has 1 fully saturated rings. The average molecular weight is 417 g/mol. The van der Waals surface area contributed by atoms with Crippen molar-refractivity contribution in [2.24, 2.45) is 5.92 Å². The van der Waals surface area contributed by atoms with E-state index >= 15 is 0 Å². The lowest BCUT2D eigenvalue weighted by Crippen LogP contribution is -2.35. The lowest BCUT2D eigenvalue weighted by Gasteiger charge is -2.24. The number of anilines is 1. The number of hydrogen-bond acceptors (Lipinski definition) is 6. The van der Waals surface area contributed by atoms with Crippen LogP contribution in [0.25, 0.3) is 0 Å². The summed E-state index contributed by atoms with van der Waals surface area (Å²) in [6, 6.07) is 2.68. The van der Waals surface area contributed by atoms with Gasteiger partial charge >= 0.3 is 5.97 Å². The third-order valence-corrected chi connectivity index (χ3v) is 6.64. The fraction of sp³-hybridized carbons (Fsp3) is 0.529. The lowest BCUT2D eigenvalue weighted by atomic mass is 10.2. The van der Waals surface area contributed by atoms with Gasteiger partial charge in [0.2, 0.25) is 10.0 Å². The summed E-state index contributed by atoms with van der Waals surface area (Å²) < 4.78 is 37.8. The van der Waals surface area contributed by atoms with Crippen molar-refractivity contribution >= 4 is 39.2 Å². The Kier molecular flexibility index (Phi) is 5.92. The SMILES string of the molecule is CCOC(=O)CCN(CC1CC1)S(=O)(=O)c1cc2c(cc1Cl)NC(=O)CO2. The van der Waals surface area contributed by atoms with Gasteiger partial charge in [0.05, 0.1) is 23.7 Å². The van der Waals surface area contributed by atoms with E-state index in [0.29, 0.717) is 12.2 Å². The van der Waals surface area contributed by atoms with E-state index < -0.39 is 16.0 Å².